The zero-order valence-corrected chi connectivity index (χ0v) is 19.8. The highest BCUT2D eigenvalue weighted by Gasteiger charge is 2.54. The highest BCUT2D eigenvalue weighted by atomic mass is 32.2. The maximum Gasteiger partial charge on any atom is 0.221 e. The molecule has 1 saturated heterocycles. The van der Waals surface area contributed by atoms with Gasteiger partial charge in [0, 0.05) is 31.6 Å². The average Bonchev–Trinajstić information content (AvgIpc) is 3.14. The first kappa shape index (κ1) is 23.4. The van der Waals surface area contributed by atoms with Gasteiger partial charge in [0.25, 0.3) is 0 Å². The number of fused-ring (bicyclic) bond motifs is 1. The molecule has 1 aliphatic carbocycles. The second-order valence-corrected chi connectivity index (χ2v) is 9.80. The van der Waals surface area contributed by atoms with Crippen LogP contribution in [0.4, 0.5) is 11.4 Å². The lowest BCUT2D eigenvalue weighted by Crippen LogP contribution is -2.58. The molecule has 33 heavy (non-hydrogen) atoms. The molecule has 2 aliphatic rings. The fraction of sp³-hybridized carbons (Fsp3) is 0.417. The summed E-state index contributed by atoms with van der Waals surface area (Å²) in [6.07, 6.45) is -1.90. The molecule has 8 nitrogen and oxygen atoms in total. The summed E-state index contributed by atoms with van der Waals surface area (Å²) in [7, 11) is 5.57. The maximum absolute atomic E-state index is 12.2. The summed E-state index contributed by atoms with van der Waals surface area (Å²) < 4.78 is 5.25. The predicted octanol–water partition coefficient (Wildman–Crippen LogP) is 1.96. The molecule has 1 amide bonds. The van der Waals surface area contributed by atoms with Crippen molar-refractivity contribution >= 4 is 34.2 Å². The number of amides is 1. The van der Waals surface area contributed by atoms with E-state index in [0.717, 1.165) is 22.7 Å². The van der Waals surface area contributed by atoms with Crippen LogP contribution in [0.3, 0.4) is 0 Å². The molecule has 2 aromatic rings. The summed E-state index contributed by atoms with van der Waals surface area (Å²) in [5, 5.41) is 21.8. The Labute approximate surface area is 198 Å². The van der Waals surface area contributed by atoms with E-state index in [1.54, 1.807) is 7.11 Å². The molecular weight excluding hydrogens is 440 g/mol. The number of ether oxygens (including phenoxy) is 1. The Hall–Kier alpha value is -2.75. The van der Waals surface area contributed by atoms with Crippen LogP contribution in [0.5, 0.6) is 5.75 Å². The standard InChI is InChI=1S/C24H30N4O4S/c1-27(2)16-8-6-15(7-9-16)26-24-28(13-14-4-10-17(32-3)11-5-14)20-21(30)19(29)12-18(23(25)31)22(20)33-24/h4-11,18-22,29-30H,12-13H2,1-3H3,(H2,25,31)/t18-,19+,20+,21-,22+/m0/s1. The van der Waals surface area contributed by atoms with Gasteiger partial charge < -0.3 is 30.5 Å². The van der Waals surface area contributed by atoms with Gasteiger partial charge in [0.1, 0.15) is 11.9 Å². The molecule has 176 valence electrons. The van der Waals surface area contributed by atoms with Gasteiger partial charge in [-0.1, -0.05) is 23.9 Å². The Kier molecular flexibility index (Phi) is 6.83. The molecule has 5 atom stereocenters. The molecular formula is C24H30N4O4S. The molecule has 0 unspecified atom stereocenters. The number of amidine groups is 1. The van der Waals surface area contributed by atoms with Crippen molar-refractivity contribution in [1.82, 2.24) is 4.90 Å². The lowest BCUT2D eigenvalue weighted by atomic mass is 9.80. The number of methoxy groups -OCH3 is 1. The molecule has 0 aromatic heterocycles. The van der Waals surface area contributed by atoms with Crippen LogP contribution in [0.25, 0.3) is 0 Å². The van der Waals surface area contributed by atoms with Crippen LogP contribution >= 0.6 is 11.8 Å². The van der Waals surface area contributed by atoms with E-state index >= 15 is 0 Å². The Bertz CT molecular complexity index is 1010. The number of benzene rings is 2. The first-order chi connectivity index (χ1) is 15.8. The van der Waals surface area contributed by atoms with Crippen LogP contribution in [-0.2, 0) is 11.3 Å². The minimum Gasteiger partial charge on any atom is -0.497 e. The number of carbonyl (C=O) groups is 1. The van der Waals surface area contributed by atoms with Crippen molar-refractivity contribution in [2.75, 3.05) is 26.1 Å². The summed E-state index contributed by atoms with van der Waals surface area (Å²) in [5.74, 6) is -0.269. The third kappa shape index (κ3) is 4.80. The van der Waals surface area contributed by atoms with Crippen LogP contribution in [0.15, 0.2) is 53.5 Å². The van der Waals surface area contributed by atoms with Crippen LogP contribution < -0.4 is 15.4 Å². The number of hydrogen-bond acceptors (Lipinski definition) is 7. The smallest absolute Gasteiger partial charge is 0.221 e. The van der Waals surface area contributed by atoms with E-state index < -0.39 is 30.1 Å². The molecule has 1 aliphatic heterocycles. The number of rotatable bonds is 6. The first-order valence-electron chi connectivity index (χ1n) is 10.9. The summed E-state index contributed by atoms with van der Waals surface area (Å²) >= 11 is 1.45. The number of carbonyl (C=O) groups excluding carboxylic acids is 1. The number of thioether (sulfide) groups is 1. The Morgan fingerprint density at radius 3 is 2.42 bits per heavy atom. The minimum absolute atomic E-state index is 0.145. The van der Waals surface area contributed by atoms with E-state index in [4.69, 9.17) is 15.5 Å². The fourth-order valence-electron chi connectivity index (χ4n) is 4.43. The lowest BCUT2D eigenvalue weighted by molar-refractivity contribution is -0.128. The SMILES string of the molecule is COc1ccc(CN2C(=Nc3ccc(N(C)C)cc3)S[C@H]3[C@H]2[C@@H](O)[C@H](O)C[C@@H]3C(N)=O)cc1. The summed E-state index contributed by atoms with van der Waals surface area (Å²) in [6, 6.07) is 15.0. The van der Waals surface area contributed by atoms with Gasteiger partial charge in [0.05, 0.1) is 30.9 Å². The summed E-state index contributed by atoms with van der Waals surface area (Å²) in [4.78, 5) is 21.1. The van der Waals surface area contributed by atoms with Gasteiger partial charge in [-0.3, -0.25) is 4.79 Å². The molecule has 4 N–H and O–H groups in total. The largest absolute Gasteiger partial charge is 0.497 e. The summed E-state index contributed by atoms with van der Waals surface area (Å²) in [5.41, 5.74) is 8.51. The third-order valence-electron chi connectivity index (χ3n) is 6.29. The number of aliphatic hydroxyl groups excluding tert-OH is 2. The number of hydrogen-bond donors (Lipinski definition) is 3. The van der Waals surface area contributed by atoms with Crippen LogP contribution in [0.1, 0.15) is 12.0 Å². The molecule has 2 aromatic carbocycles. The van der Waals surface area contributed by atoms with Gasteiger partial charge in [0.2, 0.25) is 5.91 Å². The molecule has 0 spiro atoms. The van der Waals surface area contributed by atoms with Crippen molar-refractivity contribution in [3.8, 4) is 5.75 Å². The Morgan fingerprint density at radius 1 is 1.18 bits per heavy atom. The van der Waals surface area contributed by atoms with Crippen molar-refractivity contribution in [2.45, 2.75) is 36.5 Å². The van der Waals surface area contributed by atoms with Gasteiger partial charge in [-0.15, -0.1) is 0 Å². The number of nitrogens with zero attached hydrogens (tertiary/aromatic N) is 3. The van der Waals surface area contributed by atoms with E-state index in [-0.39, 0.29) is 11.7 Å². The Balaban J connectivity index is 1.71. The number of aliphatic hydroxyl groups is 2. The van der Waals surface area contributed by atoms with Crippen molar-refractivity contribution < 1.29 is 19.7 Å². The number of nitrogens with two attached hydrogens (primary N) is 1. The highest BCUT2D eigenvalue weighted by molar-refractivity contribution is 8.14. The zero-order valence-electron chi connectivity index (χ0n) is 19.0. The second kappa shape index (κ2) is 9.62. The van der Waals surface area contributed by atoms with E-state index in [1.165, 1.54) is 11.8 Å². The first-order valence-corrected chi connectivity index (χ1v) is 11.7. The zero-order chi connectivity index (χ0) is 23.7. The van der Waals surface area contributed by atoms with Crippen molar-refractivity contribution in [2.24, 2.45) is 16.6 Å². The molecule has 4 rings (SSSR count). The highest BCUT2D eigenvalue weighted by Crippen LogP contribution is 2.45. The van der Waals surface area contributed by atoms with E-state index in [1.807, 2.05) is 72.4 Å². The quantitative estimate of drug-likeness (QED) is 0.592. The molecule has 0 radical (unpaired) electrons. The van der Waals surface area contributed by atoms with E-state index in [9.17, 15) is 15.0 Å². The topological polar surface area (TPSA) is 112 Å². The van der Waals surface area contributed by atoms with E-state index in [2.05, 4.69) is 0 Å². The van der Waals surface area contributed by atoms with Crippen molar-refractivity contribution in [1.29, 1.82) is 0 Å². The lowest BCUT2D eigenvalue weighted by Gasteiger charge is -2.41. The second-order valence-electron chi connectivity index (χ2n) is 8.66. The van der Waals surface area contributed by atoms with Crippen LogP contribution in [0.2, 0.25) is 0 Å². The molecule has 1 saturated carbocycles. The molecule has 9 heteroatoms. The van der Waals surface area contributed by atoms with Crippen LogP contribution in [-0.4, -0.2) is 70.9 Å². The van der Waals surface area contributed by atoms with Gasteiger partial charge >= 0.3 is 0 Å². The average molecular weight is 471 g/mol. The predicted molar refractivity (Wildman–Crippen MR) is 131 cm³/mol. The van der Waals surface area contributed by atoms with E-state index in [0.29, 0.717) is 11.7 Å². The number of anilines is 1. The fourth-order valence-corrected chi connectivity index (χ4v) is 6.01. The Morgan fingerprint density at radius 2 is 1.85 bits per heavy atom. The summed E-state index contributed by atoms with van der Waals surface area (Å²) in [6.45, 7) is 0.460. The number of aliphatic imine (C=N–C) groups is 1. The monoisotopic (exact) mass is 470 g/mol. The van der Waals surface area contributed by atoms with Gasteiger partial charge in [-0.05, 0) is 48.4 Å². The van der Waals surface area contributed by atoms with Gasteiger partial charge in [-0.25, -0.2) is 4.99 Å². The van der Waals surface area contributed by atoms with Crippen molar-refractivity contribution in [3.63, 3.8) is 0 Å². The molecule has 2 fully saturated rings. The molecule has 1 heterocycles. The molecule has 0 bridgehead atoms. The van der Waals surface area contributed by atoms with Gasteiger partial charge in [-0.2, -0.15) is 0 Å². The van der Waals surface area contributed by atoms with Crippen molar-refractivity contribution in [3.05, 3.63) is 54.1 Å². The van der Waals surface area contributed by atoms with Crippen LogP contribution in [0, 0.1) is 5.92 Å². The maximum atomic E-state index is 12.2. The van der Waals surface area contributed by atoms with Gasteiger partial charge in [0.15, 0.2) is 5.17 Å². The minimum atomic E-state index is -1.03. The third-order valence-corrected chi connectivity index (χ3v) is 7.70. The number of primary amides is 1. The normalized spacial score (nSPS) is 28.0.